The van der Waals surface area contributed by atoms with Crippen LogP contribution >= 0.6 is 12.2 Å². The molecule has 2 atom stereocenters. The minimum atomic E-state index is 0.104. The molecule has 4 rings (SSSR count). The number of thiocarbonyl (C=S) groups is 1. The van der Waals surface area contributed by atoms with E-state index in [2.05, 4.69) is 57.2 Å². The molecule has 1 aliphatic heterocycles. The third kappa shape index (κ3) is 3.25. The third-order valence-electron chi connectivity index (χ3n) is 5.75. The Bertz CT molecular complexity index is 735. The minimum Gasteiger partial charge on any atom is -0.352 e. The maximum atomic E-state index is 5.71. The van der Waals surface area contributed by atoms with Gasteiger partial charge < -0.3 is 14.8 Å². The molecule has 0 radical (unpaired) electrons. The summed E-state index contributed by atoms with van der Waals surface area (Å²) >= 11 is 5.71. The fourth-order valence-electron chi connectivity index (χ4n) is 4.56. The molecule has 0 bridgehead atoms. The summed E-state index contributed by atoms with van der Waals surface area (Å²) in [4.78, 5) is 7.00. The molecule has 2 aromatic heterocycles. The van der Waals surface area contributed by atoms with E-state index in [4.69, 9.17) is 12.2 Å². The summed E-state index contributed by atoms with van der Waals surface area (Å²) < 4.78 is 2.53. The van der Waals surface area contributed by atoms with E-state index in [-0.39, 0.29) is 12.1 Å². The topological polar surface area (TPSA) is 33.1 Å². The summed E-state index contributed by atoms with van der Waals surface area (Å²) in [6.45, 7) is 3.18. The lowest BCUT2D eigenvalue weighted by atomic mass is 9.94. The van der Waals surface area contributed by atoms with Crippen molar-refractivity contribution in [1.29, 1.82) is 0 Å². The molecule has 1 N–H and O–H groups in total. The first-order valence-electron chi connectivity index (χ1n) is 9.94. The van der Waals surface area contributed by atoms with Gasteiger partial charge in [0, 0.05) is 30.7 Å². The highest BCUT2D eigenvalue weighted by molar-refractivity contribution is 7.80. The van der Waals surface area contributed by atoms with Gasteiger partial charge in [0.1, 0.15) is 0 Å². The Labute approximate surface area is 161 Å². The molecule has 26 heavy (non-hydrogen) atoms. The van der Waals surface area contributed by atoms with Gasteiger partial charge in [-0.15, -0.1) is 0 Å². The van der Waals surface area contributed by atoms with Crippen molar-refractivity contribution in [3.05, 3.63) is 54.1 Å². The smallest absolute Gasteiger partial charge is 0.170 e. The van der Waals surface area contributed by atoms with Gasteiger partial charge in [0.15, 0.2) is 5.11 Å². The van der Waals surface area contributed by atoms with E-state index < -0.39 is 0 Å². The molecular formula is C21H28N4S. The van der Waals surface area contributed by atoms with Crippen LogP contribution in [0.4, 0.5) is 0 Å². The van der Waals surface area contributed by atoms with Crippen molar-refractivity contribution in [2.75, 3.05) is 6.54 Å². The molecule has 138 valence electrons. The number of nitrogens with zero attached hydrogens (tertiary/aromatic N) is 3. The Morgan fingerprint density at radius 1 is 1.15 bits per heavy atom. The average Bonchev–Trinajstić information content (AvgIpc) is 3.28. The van der Waals surface area contributed by atoms with Gasteiger partial charge in [-0.1, -0.05) is 32.3 Å². The summed E-state index contributed by atoms with van der Waals surface area (Å²) in [7, 11) is 0. The fraction of sp³-hybridized carbons (Fsp3) is 0.524. The van der Waals surface area contributed by atoms with E-state index in [1.54, 1.807) is 0 Å². The van der Waals surface area contributed by atoms with Gasteiger partial charge in [-0.25, -0.2) is 0 Å². The molecule has 5 heteroatoms. The lowest BCUT2D eigenvalue weighted by Crippen LogP contribution is -2.31. The standard InChI is InChI=1S/C21H28N4S/c1-2-14-25-20(19(23-21(25)26)17-11-6-7-13-22-17)18-12-8-15-24(18)16-9-4-3-5-10-16/h6-8,11-13,15-16,19-20H,2-5,9-10,14H2,1H3,(H,23,26)/t19-,20-/m0/s1. The van der Waals surface area contributed by atoms with E-state index in [1.165, 1.54) is 37.8 Å². The molecular weight excluding hydrogens is 340 g/mol. The molecule has 0 unspecified atom stereocenters. The molecule has 3 heterocycles. The SMILES string of the molecule is CCCN1C(=S)N[C@@H](c2ccccn2)[C@@H]1c1cccn1C1CCCCC1. The van der Waals surface area contributed by atoms with Crippen molar-refractivity contribution in [3.63, 3.8) is 0 Å². The Morgan fingerprint density at radius 2 is 2.00 bits per heavy atom. The fourth-order valence-corrected chi connectivity index (χ4v) is 4.89. The van der Waals surface area contributed by atoms with Crippen molar-refractivity contribution in [2.45, 2.75) is 63.6 Å². The van der Waals surface area contributed by atoms with Gasteiger partial charge in [0.05, 0.1) is 17.8 Å². The predicted molar refractivity (Wildman–Crippen MR) is 109 cm³/mol. The Morgan fingerprint density at radius 3 is 2.73 bits per heavy atom. The molecule has 1 saturated heterocycles. The zero-order valence-electron chi connectivity index (χ0n) is 15.5. The zero-order chi connectivity index (χ0) is 17.9. The summed E-state index contributed by atoms with van der Waals surface area (Å²) in [6.07, 6.45) is 11.9. The van der Waals surface area contributed by atoms with Crippen molar-refractivity contribution >= 4 is 17.3 Å². The first-order chi connectivity index (χ1) is 12.8. The predicted octanol–water partition coefficient (Wildman–Crippen LogP) is 4.77. The molecule has 1 saturated carbocycles. The molecule has 0 amide bonds. The van der Waals surface area contributed by atoms with Crippen LogP contribution in [-0.2, 0) is 0 Å². The van der Waals surface area contributed by atoms with E-state index in [0.29, 0.717) is 6.04 Å². The highest BCUT2D eigenvalue weighted by Gasteiger charge is 2.41. The van der Waals surface area contributed by atoms with Crippen LogP contribution in [0.2, 0.25) is 0 Å². The molecule has 2 aromatic rings. The normalized spacial score (nSPS) is 24.0. The first kappa shape index (κ1) is 17.5. The van der Waals surface area contributed by atoms with E-state index in [1.807, 2.05) is 12.3 Å². The third-order valence-corrected chi connectivity index (χ3v) is 6.10. The maximum absolute atomic E-state index is 5.71. The number of rotatable bonds is 5. The van der Waals surface area contributed by atoms with Gasteiger partial charge in [0.25, 0.3) is 0 Å². The van der Waals surface area contributed by atoms with Crippen molar-refractivity contribution < 1.29 is 0 Å². The maximum Gasteiger partial charge on any atom is 0.170 e. The van der Waals surface area contributed by atoms with Gasteiger partial charge in [-0.05, 0) is 55.7 Å². The zero-order valence-corrected chi connectivity index (χ0v) is 16.3. The van der Waals surface area contributed by atoms with Crippen LogP contribution in [0.5, 0.6) is 0 Å². The van der Waals surface area contributed by atoms with Crippen molar-refractivity contribution in [2.24, 2.45) is 0 Å². The first-order valence-corrected chi connectivity index (χ1v) is 10.3. The summed E-state index contributed by atoms with van der Waals surface area (Å²) in [5, 5.41) is 4.41. The van der Waals surface area contributed by atoms with Crippen LogP contribution in [0, 0.1) is 0 Å². The van der Waals surface area contributed by atoms with Crippen LogP contribution in [0.15, 0.2) is 42.7 Å². The van der Waals surface area contributed by atoms with Crippen LogP contribution < -0.4 is 5.32 Å². The van der Waals surface area contributed by atoms with Crippen LogP contribution in [0.1, 0.15) is 75.0 Å². The second kappa shape index (κ2) is 7.78. The van der Waals surface area contributed by atoms with E-state index >= 15 is 0 Å². The van der Waals surface area contributed by atoms with E-state index in [9.17, 15) is 0 Å². The Hall–Kier alpha value is -1.88. The van der Waals surface area contributed by atoms with Crippen molar-refractivity contribution in [1.82, 2.24) is 19.8 Å². The summed E-state index contributed by atoms with van der Waals surface area (Å²) in [5.41, 5.74) is 2.43. The van der Waals surface area contributed by atoms with Gasteiger partial charge in [-0.2, -0.15) is 0 Å². The Kier molecular flexibility index (Phi) is 5.25. The quantitative estimate of drug-likeness (QED) is 0.771. The monoisotopic (exact) mass is 368 g/mol. The molecule has 4 nitrogen and oxygen atoms in total. The number of hydrogen-bond donors (Lipinski definition) is 1. The van der Waals surface area contributed by atoms with Gasteiger partial charge >= 0.3 is 0 Å². The molecule has 2 fully saturated rings. The molecule has 0 aromatic carbocycles. The lowest BCUT2D eigenvalue weighted by Gasteiger charge is -2.32. The van der Waals surface area contributed by atoms with Crippen LogP contribution in [-0.4, -0.2) is 26.1 Å². The number of hydrogen-bond acceptors (Lipinski definition) is 2. The molecule has 1 aliphatic carbocycles. The highest BCUT2D eigenvalue weighted by Crippen LogP contribution is 2.41. The second-order valence-corrected chi connectivity index (χ2v) is 7.84. The number of nitrogens with one attached hydrogen (secondary N) is 1. The summed E-state index contributed by atoms with van der Waals surface area (Å²) in [5.74, 6) is 0. The largest absolute Gasteiger partial charge is 0.352 e. The number of pyridine rings is 1. The van der Waals surface area contributed by atoms with Crippen LogP contribution in [0.3, 0.4) is 0 Å². The average molecular weight is 369 g/mol. The van der Waals surface area contributed by atoms with E-state index in [0.717, 1.165) is 23.8 Å². The highest BCUT2D eigenvalue weighted by atomic mass is 32.1. The minimum absolute atomic E-state index is 0.104. The second-order valence-electron chi connectivity index (χ2n) is 7.45. The van der Waals surface area contributed by atoms with Crippen molar-refractivity contribution in [3.8, 4) is 0 Å². The summed E-state index contributed by atoms with van der Waals surface area (Å²) in [6, 6.07) is 11.6. The van der Waals surface area contributed by atoms with Gasteiger partial charge in [-0.3, -0.25) is 4.98 Å². The lowest BCUT2D eigenvalue weighted by molar-refractivity contribution is 0.280. The van der Waals surface area contributed by atoms with Gasteiger partial charge in [0.2, 0.25) is 0 Å². The van der Waals surface area contributed by atoms with Crippen LogP contribution in [0.25, 0.3) is 0 Å². The Balaban J connectivity index is 1.72. The molecule has 0 spiro atoms. The number of aromatic nitrogens is 2. The molecule has 2 aliphatic rings.